The molecule has 8 nitrogen and oxygen atoms in total. The molecule has 0 unspecified atom stereocenters. The minimum atomic E-state index is -0.400. The largest absolute Gasteiger partial charge is 0.369 e. The summed E-state index contributed by atoms with van der Waals surface area (Å²) in [5.74, 6) is -0.137. The minimum absolute atomic E-state index is 0.0259. The monoisotopic (exact) mass is 504 g/mol. The van der Waals surface area contributed by atoms with Crippen LogP contribution in [0.25, 0.3) is 0 Å². The van der Waals surface area contributed by atoms with Gasteiger partial charge in [-0.3, -0.25) is 24.6 Å². The highest BCUT2D eigenvalue weighted by Gasteiger charge is 2.28. The number of hydrogen-bond acceptors (Lipinski definition) is 7. The maximum Gasteiger partial charge on any atom is 0.269 e. The number of piperazine rings is 1. The molecule has 0 atom stereocenters. The van der Waals surface area contributed by atoms with Gasteiger partial charge >= 0.3 is 0 Å². The van der Waals surface area contributed by atoms with Gasteiger partial charge in [0, 0.05) is 54.4 Å². The number of fused-ring (bicyclic) bond motifs is 1. The molecule has 1 aromatic heterocycles. The third-order valence-electron chi connectivity index (χ3n) is 6.85. The molecule has 1 amide bonds. The standard InChI is InChI=1S/C27H28N4O4S/c32-24(18-29-14-16-30(17-15-29)20-10-12-21(13-11-20)31(34)35)28-27-25(22-8-4-5-9-23(22)36-27)26(33)19-6-2-1-3-7-19/h1-3,6-7,10-13H,4-5,8-9,14-18H2,(H,28,32). The third-order valence-corrected chi connectivity index (χ3v) is 8.06. The number of aryl methyl sites for hydroxylation is 1. The molecule has 0 spiro atoms. The van der Waals surface area contributed by atoms with Gasteiger partial charge in [0.15, 0.2) is 5.78 Å². The number of benzene rings is 2. The number of nitro groups is 1. The van der Waals surface area contributed by atoms with Crippen molar-refractivity contribution in [1.82, 2.24) is 4.90 Å². The van der Waals surface area contributed by atoms with E-state index in [2.05, 4.69) is 15.1 Å². The highest BCUT2D eigenvalue weighted by Crippen LogP contribution is 2.39. The summed E-state index contributed by atoms with van der Waals surface area (Å²) in [6.45, 7) is 3.14. The van der Waals surface area contributed by atoms with Gasteiger partial charge in [-0.05, 0) is 43.4 Å². The van der Waals surface area contributed by atoms with Crippen molar-refractivity contribution in [1.29, 1.82) is 0 Å². The molecule has 1 N–H and O–H groups in total. The summed E-state index contributed by atoms with van der Waals surface area (Å²) in [6.07, 6.45) is 4.00. The average Bonchev–Trinajstić information content (AvgIpc) is 3.26. The van der Waals surface area contributed by atoms with Crippen molar-refractivity contribution in [2.24, 2.45) is 0 Å². The molecule has 2 heterocycles. The van der Waals surface area contributed by atoms with Crippen molar-refractivity contribution < 1.29 is 14.5 Å². The Kier molecular flexibility index (Phi) is 7.11. The van der Waals surface area contributed by atoms with Crippen LogP contribution in [0.4, 0.5) is 16.4 Å². The fourth-order valence-corrected chi connectivity index (χ4v) is 6.25. The molecule has 0 saturated carbocycles. The van der Waals surface area contributed by atoms with E-state index in [9.17, 15) is 19.7 Å². The van der Waals surface area contributed by atoms with Crippen molar-refractivity contribution >= 4 is 39.4 Å². The summed E-state index contributed by atoms with van der Waals surface area (Å²) in [7, 11) is 0. The van der Waals surface area contributed by atoms with Gasteiger partial charge in [-0.2, -0.15) is 0 Å². The van der Waals surface area contributed by atoms with Gasteiger partial charge in [-0.1, -0.05) is 30.3 Å². The van der Waals surface area contributed by atoms with Gasteiger partial charge in [-0.25, -0.2) is 0 Å². The lowest BCUT2D eigenvalue weighted by Gasteiger charge is -2.35. The number of thiophene rings is 1. The van der Waals surface area contributed by atoms with E-state index in [0.717, 1.165) is 50.0 Å². The van der Waals surface area contributed by atoms with Crippen LogP contribution in [0.15, 0.2) is 54.6 Å². The van der Waals surface area contributed by atoms with Gasteiger partial charge in [0.1, 0.15) is 5.00 Å². The van der Waals surface area contributed by atoms with Crippen LogP contribution in [0, 0.1) is 10.1 Å². The third kappa shape index (κ3) is 5.17. The molecule has 3 aromatic rings. The number of amides is 1. The number of rotatable bonds is 7. The maximum absolute atomic E-state index is 13.4. The van der Waals surface area contributed by atoms with E-state index in [0.29, 0.717) is 29.2 Å². The summed E-state index contributed by atoms with van der Waals surface area (Å²) in [5, 5.41) is 14.6. The molecule has 1 saturated heterocycles. The maximum atomic E-state index is 13.4. The summed E-state index contributed by atoms with van der Waals surface area (Å²) >= 11 is 1.55. The molecule has 1 fully saturated rings. The number of carbonyl (C=O) groups is 2. The van der Waals surface area contributed by atoms with Crippen molar-refractivity contribution in [3.05, 3.63) is 86.3 Å². The van der Waals surface area contributed by atoms with Crippen LogP contribution in [0.3, 0.4) is 0 Å². The first-order valence-corrected chi connectivity index (χ1v) is 13.1. The first-order chi connectivity index (χ1) is 17.5. The van der Waals surface area contributed by atoms with Crippen LogP contribution >= 0.6 is 11.3 Å². The Morgan fingerprint density at radius 1 is 0.944 bits per heavy atom. The zero-order valence-electron chi connectivity index (χ0n) is 19.9. The quantitative estimate of drug-likeness (QED) is 0.289. The molecule has 186 valence electrons. The number of hydrogen-bond donors (Lipinski definition) is 1. The van der Waals surface area contributed by atoms with Gasteiger partial charge in [-0.15, -0.1) is 11.3 Å². The zero-order chi connectivity index (χ0) is 25.1. The van der Waals surface area contributed by atoms with Crippen LogP contribution in [-0.2, 0) is 17.6 Å². The number of nitrogens with zero attached hydrogens (tertiary/aromatic N) is 3. The summed E-state index contributed by atoms with van der Waals surface area (Å²) in [4.78, 5) is 42.4. The Bertz CT molecular complexity index is 1260. The number of non-ortho nitro benzene ring substituents is 1. The van der Waals surface area contributed by atoms with Gasteiger partial charge in [0.05, 0.1) is 17.0 Å². The fraction of sp³-hybridized carbons (Fsp3) is 0.333. The van der Waals surface area contributed by atoms with Crippen molar-refractivity contribution in [3.63, 3.8) is 0 Å². The van der Waals surface area contributed by atoms with Crippen LogP contribution in [0.5, 0.6) is 0 Å². The van der Waals surface area contributed by atoms with Gasteiger partial charge in [0.25, 0.3) is 5.69 Å². The molecule has 36 heavy (non-hydrogen) atoms. The fourth-order valence-electron chi connectivity index (χ4n) is 4.95. The second-order valence-corrected chi connectivity index (χ2v) is 10.3. The highest BCUT2D eigenvalue weighted by molar-refractivity contribution is 7.17. The molecular formula is C27H28N4O4S. The van der Waals surface area contributed by atoms with Crippen molar-refractivity contribution in [2.45, 2.75) is 25.7 Å². The second-order valence-electron chi connectivity index (χ2n) is 9.20. The summed E-state index contributed by atoms with van der Waals surface area (Å²) in [6, 6.07) is 15.8. The second kappa shape index (κ2) is 10.6. The zero-order valence-corrected chi connectivity index (χ0v) is 20.8. The molecular weight excluding hydrogens is 476 g/mol. The van der Waals surface area contributed by atoms with Crippen LogP contribution < -0.4 is 10.2 Å². The highest BCUT2D eigenvalue weighted by atomic mass is 32.1. The van der Waals surface area contributed by atoms with Gasteiger partial charge in [0.2, 0.25) is 5.91 Å². The minimum Gasteiger partial charge on any atom is -0.369 e. The molecule has 2 aliphatic rings. The molecule has 2 aromatic carbocycles. The molecule has 1 aliphatic carbocycles. The Morgan fingerprint density at radius 3 is 2.33 bits per heavy atom. The summed E-state index contributed by atoms with van der Waals surface area (Å²) in [5.41, 5.74) is 3.43. The lowest BCUT2D eigenvalue weighted by molar-refractivity contribution is -0.384. The van der Waals surface area contributed by atoms with E-state index in [1.807, 2.05) is 30.3 Å². The average molecular weight is 505 g/mol. The Hall–Kier alpha value is -3.56. The lowest BCUT2D eigenvalue weighted by Crippen LogP contribution is -2.48. The van der Waals surface area contributed by atoms with E-state index >= 15 is 0 Å². The topological polar surface area (TPSA) is 95.8 Å². The first-order valence-electron chi connectivity index (χ1n) is 12.3. The number of anilines is 2. The van der Waals surface area contributed by atoms with E-state index in [1.54, 1.807) is 23.5 Å². The number of nitro benzene ring substituents is 1. The molecule has 1 aliphatic heterocycles. The Labute approximate surface area is 213 Å². The van der Waals surface area contributed by atoms with E-state index in [-0.39, 0.29) is 23.9 Å². The van der Waals surface area contributed by atoms with Crippen molar-refractivity contribution in [3.8, 4) is 0 Å². The van der Waals surface area contributed by atoms with Gasteiger partial charge < -0.3 is 10.2 Å². The lowest BCUT2D eigenvalue weighted by atomic mass is 9.92. The predicted molar refractivity (Wildman–Crippen MR) is 141 cm³/mol. The predicted octanol–water partition coefficient (Wildman–Crippen LogP) is 4.53. The van der Waals surface area contributed by atoms with Crippen LogP contribution in [-0.4, -0.2) is 54.2 Å². The Morgan fingerprint density at radius 2 is 1.64 bits per heavy atom. The Balaban J connectivity index is 1.23. The van der Waals surface area contributed by atoms with E-state index in [1.165, 1.54) is 17.0 Å². The van der Waals surface area contributed by atoms with Crippen LogP contribution in [0.1, 0.15) is 39.2 Å². The molecule has 5 rings (SSSR count). The normalized spacial score (nSPS) is 15.8. The SMILES string of the molecule is O=C(CN1CCN(c2ccc([N+](=O)[O-])cc2)CC1)Nc1sc2c(c1C(=O)c1ccccc1)CCCC2. The number of carbonyl (C=O) groups excluding carboxylic acids is 2. The number of nitrogens with one attached hydrogen (secondary N) is 1. The summed E-state index contributed by atoms with van der Waals surface area (Å²) < 4.78 is 0. The molecule has 0 radical (unpaired) electrons. The molecule has 0 bridgehead atoms. The smallest absolute Gasteiger partial charge is 0.269 e. The van der Waals surface area contributed by atoms with E-state index in [4.69, 9.17) is 0 Å². The number of ketones is 1. The van der Waals surface area contributed by atoms with Crippen molar-refractivity contribution in [2.75, 3.05) is 42.9 Å². The molecule has 9 heteroatoms. The first kappa shape index (κ1) is 24.1. The van der Waals surface area contributed by atoms with E-state index < -0.39 is 4.92 Å². The van der Waals surface area contributed by atoms with Crippen LogP contribution in [0.2, 0.25) is 0 Å².